The number of hydrogen-bond donors (Lipinski definition) is 0. The van der Waals surface area contributed by atoms with Gasteiger partial charge < -0.3 is 4.90 Å². The van der Waals surface area contributed by atoms with Crippen LogP contribution in [0, 0.1) is 0 Å². The molecule has 80 valence electrons. The predicted molar refractivity (Wildman–Crippen MR) is 63.8 cm³/mol. The molecule has 15 heavy (non-hydrogen) atoms. The van der Waals surface area contributed by atoms with E-state index in [0.717, 1.165) is 18.1 Å². The highest BCUT2D eigenvalue weighted by Crippen LogP contribution is 2.25. The molecule has 2 heterocycles. The van der Waals surface area contributed by atoms with E-state index < -0.39 is 0 Å². The van der Waals surface area contributed by atoms with Gasteiger partial charge in [-0.3, -0.25) is 4.99 Å². The van der Waals surface area contributed by atoms with Crippen molar-refractivity contribution in [3.05, 3.63) is 23.5 Å². The third-order valence-corrected chi connectivity index (χ3v) is 2.65. The van der Waals surface area contributed by atoms with Crippen LogP contribution in [0.15, 0.2) is 23.3 Å². The Bertz CT molecular complexity index is 395. The molecule has 0 bridgehead atoms. The molecule has 0 amide bonds. The lowest BCUT2D eigenvalue weighted by Gasteiger charge is -2.21. The molecule has 2 rings (SSSR count). The maximum atomic E-state index is 5.75. The normalized spacial score (nSPS) is 19.2. The first-order valence-corrected chi connectivity index (χ1v) is 5.31. The van der Waals surface area contributed by atoms with Gasteiger partial charge in [0.1, 0.15) is 11.0 Å². The average Bonchev–Trinajstić information content (AvgIpc) is 2.41. The number of pyridine rings is 1. The molecule has 0 saturated carbocycles. The smallest absolute Gasteiger partial charge is 0.129 e. The molecule has 0 radical (unpaired) electrons. The second-order valence-electron chi connectivity index (χ2n) is 4.40. The highest BCUT2D eigenvalue weighted by molar-refractivity contribution is 6.29. The SMILES string of the molecule is CC1=NC(C)(C)CN1c1ccc(Cl)nc1. The van der Waals surface area contributed by atoms with Crippen LogP contribution in [0.2, 0.25) is 5.15 Å². The summed E-state index contributed by atoms with van der Waals surface area (Å²) in [7, 11) is 0. The molecule has 4 heteroatoms. The molecule has 0 saturated heterocycles. The van der Waals surface area contributed by atoms with Crippen molar-refractivity contribution in [2.24, 2.45) is 4.99 Å². The molecule has 1 aliphatic rings. The van der Waals surface area contributed by atoms with Gasteiger partial charge in [0.05, 0.1) is 17.4 Å². The molecule has 0 aliphatic carbocycles. The first kappa shape index (κ1) is 10.4. The monoisotopic (exact) mass is 223 g/mol. The van der Waals surface area contributed by atoms with Crippen molar-refractivity contribution < 1.29 is 0 Å². The van der Waals surface area contributed by atoms with Crippen molar-refractivity contribution in [1.29, 1.82) is 0 Å². The zero-order valence-corrected chi connectivity index (χ0v) is 9.91. The number of hydrogen-bond acceptors (Lipinski definition) is 3. The number of rotatable bonds is 1. The van der Waals surface area contributed by atoms with Crippen molar-refractivity contribution in [2.75, 3.05) is 11.4 Å². The van der Waals surface area contributed by atoms with E-state index in [-0.39, 0.29) is 5.54 Å². The van der Waals surface area contributed by atoms with Crippen LogP contribution in [0.1, 0.15) is 20.8 Å². The van der Waals surface area contributed by atoms with Gasteiger partial charge in [0.15, 0.2) is 0 Å². The third-order valence-electron chi connectivity index (χ3n) is 2.42. The van der Waals surface area contributed by atoms with E-state index in [1.165, 1.54) is 0 Å². The summed E-state index contributed by atoms with van der Waals surface area (Å²) >= 11 is 5.75. The summed E-state index contributed by atoms with van der Waals surface area (Å²) in [6.07, 6.45) is 1.78. The fraction of sp³-hybridized carbons (Fsp3) is 0.455. The van der Waals surface area contributed by atoms with Gasteiger partial charge >= 0.3 is 0 Å². The number of aromatic nitrogens is 1. The first-order valence-electron chi connectivity index (χ1n) is 4.93. The van der Waals surface area contributed by atoms with Gasteiger partial charge in [0, 0.05) is 6.54 Å². The molecule has 1 aliphatic heterocycles. The van der Waals surface area contributed by atoms with Crippen LogP contribution >= 0.6 is 11.6 Å². The molecule has 0 N–H and O–H groups in total. The lowest BCUT2D eigenvalue weighted by Crippen LogP contribution is -2.31. The summed E-state index contributed by atoms with van der Waals surface area (Å²) in [5, 5.41) is 0.520. The minimum atomic E-state index is -0.0102. The van der Waals surface area contributed by atoms with Crippen molar-refractivity contribution in [3.8, 4) is 0 Å². The van der Waals surface area contributed by atoms with E-state index in [9.17, 15) is 0 Å². The van der Waals surface area contributed by atoms with Crippen LogP contribution in [0.3, 0.4) is 0 Å². The van der Waals surface area contributed by atoms with Crippen molar-refractivity contribution in [1.82, 2.24) is 4.98 Å². The number of anilines is 1. The minimum absolute atomic E-state index is 0.0102. The molecule has 0 atom stereocenters. The molecule has 1 aromatic rings. The van der Waals surface area contributed by atoms with Gasteiger partial charge in [-0.25, -0.2) is 4.98 Å². The highest BCUT2D eigenvalue weighted by Gasteiger charge is 2.29. The molecule has 0 fully saturated rings. The molecule has 0 unspecified atom stereocenters. The summed E-state index contributed by atoms with van der Waals surface area (Å²) in [6.45, 7) is 7.16. The number of aliphatic imine (C=N–C) groups is 1. The Kier molecular flexibility index (Phi) is 2.43. The third kappa shape index (κ3) is 2.12. The Labute approximate surface area is 94.8 Å². The number of nitrogens with zero attached hydrogens (tertiary/aromatic N) is 3. The molecule has 0 aromatic carbocycles. The van der Waals surface area contributed by atoms with Gasteiger partial charge in [-0.05, 0) is 32.9 Å². The van der Waals surface area contributed by atoms with Crippen molar-refractivity contribution in [3.63, 3.8) is 0 Å². The standard InChI is InChI=1S/C11H14ClN3/c1-8-14-11(2,3)7-15(8)9-4-5-10(12)13-6-9/h4-6H,7H2,1-3H3. The Morgan fingerprint density at radius 1 is 1.40 bits per heavy atom. The van der Waals surface area contributed by atoms with Crippen LogP contribution in [-0.2, 0) is 0 Å². The zero-order chi connectivity index (χ0) is 11.1. The summed E-state index contributed by atoms with van der Waals surface area (Å²) in [6, 6.07) is 3.77. The van der Waals surface area contributed by atoms with Crippen molar-refractivity contribution >= 4 is 23.1 Å². The first-order chi connectivity index (χ1) is 6.98. The molecule has 0 spiro atoms. The van der Waals surface area contributed by atoms with Gasteiger partial charge in [-0.15, -0.1) is 0 Å². The van der Waals surface area contributed by atoms with E-state index >= 15 is 0 Å². The van der Waals surface area contributed by atoms with E-state index in [1.807, 2.05) is 13.0 Å². The predicted octanol–water partition coefficient (Wildman–Crippen LogP) is 2.75. The molecular formula is C11H14ClN3. The maximum Gasteiger partial charge on any atom is 0.129 e. The van der Waals surface area contributed by atoms with Gasteiger partial charge in [-0.1, -0.05) is 11.6 Å². The van der Waals surface area contributed by atoms with Crippen LogP contribution in [0.25, 0.3) is 0 Å². The summed E-state index contributed by atoms with van der Waals surface area (Å²) in [5.41, 5.74) is 1.04. The number of halogens is 1. The van der Waals surface area contributed by atoms with Gasteiger partial charge in [0.25, 0.3) is 0 Å². The van der Waals surface area contributed by atoms with Crippen molar-refractivity contribution in [2.45, 2.75) is 26.3 Å². The Morgan fingerprint density at radius 2 is 2.13 bits per heavy atom. The van der Waals surface area contributed by atoms with Crippen LogP contribution in [0.5, 0.6) is 0 Å². The summed E-state index contributed by atoms with van der Waals surface area (Å²) in [5.74, 6) is 1.03. The van der Waals surface area contributed by atoms with Crippen LogP contribution in [-0.4, -0.2) is 22.9 Å². The van der Waals surface area contributed by atoms with E-state index in [1.54, 1.807) is 12.3 Å². The van der Waals surface area contributed by atoms with Crippen LogP contribution < -0.4 is 4.90 Å². The molecular weight excluding hydrogens is 210 g/mol. The lowest BCUT2D eigenvalue weighted by molar-refractivity contribution is 0.564. The van der Waals surface area contributed by atoms with E-state index in [2.05, 4.69) is 28.7 Å². The quantitative estimate of drug-likeness (QED) is 0.685. The fourth-order valence-electron chi connectivity index (χ4n) is 1.84. The Hall–Kier alpha value is -1.09. The Morgan fingerprint density at radius 3 is 2.60 bits per heavy atom. The topological polar surface area (TPSA) is 28.5 Å². The molecule has 1 aromatic heterocycles. The second-order valence-corrected chi connectivity index (χ2v) is 4.78. The zero-order valence-electron chi connectivity index (χ0n) is 9.16. The van der Waals surface area contributed by atoms with E-state index in [4.69, 9.17) is 11.6 Å². The van der Waals surface area contributed by atoms with Gasteiger partial charge in [-0.2, -0.15) is 0 Å². The number of amidine groups is 1. The molecule has 3 nitrogen and oxygen atoms in total. The highest BCUT2D eigenvalue weighted by atomic mass is 35.5. The average molecular weight is 224 g/mol. The maximum absolute atomic E-state index is 5.75. The summed E-state index contributed by atoms with van der Waals surface area (Å²) < 4.78 is 0. The second kappa shape index (κ2) is 3.49. The Balaban J connectivity index is 2.27. The fourth-order valence-corrected chi connectivity index (χ4v) is 1.95. The van der Waals surface area contributed by atoms with Gasteiger partial charge in [0.2, 0.25) is 0 Å². The minimum Gasteiger partial charge on any atom is -0.327 e. The van der Waals surface area contributed by atoms with Crippen LogP contribution in [0.4, 0.5) is 5.69 Å². The lowest BCUT2D eigenvalue weighted by atomic mass is 10.1. The van der Waals surface area contributed by atoms with E-state index in [0.29, 0.717) is 5.15 Å². The largest absolute Gasteiger partial charge is 0.327 e. The summed E-state index contributed by atoms with van der Waals surface area (Å²) in [4.78, 5) is 10.8.